The molecule has 1 amide bonds. The van der Waals surface area contributed by atoms with Crippen LogP contribution in [0.4, 0.5) is 13.2 Å². The molecule has 1 aromatic heterocycles. The van der Waals surface area contributed by atoms with Crippen molar-refractivity contribution in [2.45, 2.75) is 6.18 Å². The van der Waals surface area contributed by atoms with E-state index in [2.05, 4.69) is 6.58 Å². The van der Waals surface area contributed by atoms with Crippen LogP contribution >= 0.6 is 0 Å². The lowest BCUT2D eigenvalue weighted by molar-refractivity contribution is -0.139. The fraction of sp³-hybridized carbons (Fsp3) is 0.267. The van der Waals surface area contributed by atoms with Crippen LogP contribution in [0.25, 0.3) is 10.9 Å². The lowest BCUT2D eigenvalue weighted by atomic mass is 10.2. The molecule has 0 saturated heterocycles. The number of alkyl halides is 3. The maximum absolute atomic E-state index is 12.6. The highest BCUT2D eigenvalue weighted by Gasteiger charge is 2.33. The van der Waals surface area contributed by atoms with E-state index in [9.17, 15) is 18.0 Å². The van der Waals surface area contributed by atoms with Crippen molar-refractivity contribution in [3.05, 3.63) is 48.7 Å². The molecule has 6 heteroatoms. The van der Waals surface area contributed by atoms with Crippen molar-refractivity contribution in [2.24, 2.45) is 7.05 Å². The number of rotatable bonds is 4. The summed E-state index contributed by atoms with van der Waals surface area (Å²) in [6.07, 6.45) is -3.16. The molecule has 0 bridgehead atoms. The second-order valence-corrected chi connectivity index (χ2v) is 4.74. The summed E-state index contributed by atoms with van der Waals surface area (Å²) in [5.41, 5.74) is 1.02. The van der Waals surface area contributed by atoms with Crippen molar-refractivity contribution in [2.75, 3.05) is 13.1 Å². The summed E-state index contributed by atoms with van der Waals surface area (Å²) in [7, 11) is 1.66. The fourth-order valence-electron chi connectivity index (χ4n) is 2.25. The third-order valence-corrected chi connectivity index (χ3v) is 3.18. The number of halogens is 3. The van der Waals surface area contributed by atoms with E-state index in [4.69, 9.17) is 0 Å². The number of hydrogen-bond acceptors (Lipinski definition) is 1. The third kappa shape index (κ3) is 3.26. The number of hydrogen-bond donors (Lipinski definition) is 0. The highest BCUT2D eigenvalue weighted by atomic mass is 19.4. The first-order chi connectivity index (χ1) is 9.83. The Hall–Kier alpha value is -2.24. The van der Waals surface area contributed by atoms with E-state index in [0.717, 1.165) is 15.8 Å². The van der Waals surface area contributed by atoms with E-state index in [1.807, 2.05) is 24.3 Å². The number of fused-ring (bicyclic) bond motifs is 1. The third-order valence-electron chi connectivity index (χ3n) is 3.18. The molecule has 3 nitrogen and oxygen atoms in total. The Morgan fingerprint density at radius 2 is 2.05 bits per heavy atom. The molecule has 0 fully saturated rings. The first kappa shape index (κ1) is 15.2. The second-order valence-electron chi connectivity index (χ2n) is 4.74. The van der Waals surface area contributed by atoms with Crippen LogP contribution in [0.1, 0.15) is 10.5 Å². The Morgan fingerprint density at radius 3 is 2.62 bits per heavy atom. The first-order valence-corrected chi connectivity index (χ1v) is 6.35. The number of benzene rings is 1. The van der Waals surface area contributed by atoms with Crippen molar-refractivity contribution in [1.29, 1.82) is 0 Å². The van der Waals surface area contributed by atoms with Gasteiger partial charge in [0, 0.05) is 24.5 Å². The van der Waals surface area contributed by atoms with Crippen LogP contribution in [0, 0.1) is 0 Å². The molecule has 0 aliphatic rings. The molecule has 21 heavy (non-hydrogen) atoms. The van der Waals surface area contributed by atoms with E-state index < -0.39 is 18.6 Å². The lowest BCUT2D eigenvalue weighted by Crippen LogP contribution is -2.39. The number of aryl methyl sites for hydroxylation is 1. The smallest absolute Gasteiger partial charge is 0.340 e. The Labute approximate surface area is 120 Å². The van der Waals surface area contributed by atoms with Gasteiger partial charge in [-0.15, -0.1) is 6.58 Å². The minimum Gasteiger partial charge on any atom is -0.340 e. The average Bonchev–Trinajstić information content (AvgIpc) is 2.74. The zero-order valence-corrected chi connectivity index (χ0v) is 11.5. The highest BCUT2D eigenvalue weighted by Crippen LogP contribution is 2.22. The van der Waals surface area contributed by atoms with Gasteiger partial charge >= 0.3 is 6.18 Å². The van der Waals surface area contributed by atoms with E-state index in [0.29, 0.717) is 0 Å². The summed E-state index contributed by atoms with van der Waals surface area (Å²) < 4.78 is 39.3. The summed E-state index contributed by atoms with van der Waals surface area (Å²) in [6, 6.07) is 8.85. The Balaban J connectivity index is 2.38. The number of carbonyl (C=O) groups is 1. The van der Waals surface area contributed by atoms with Gasteiger partial charge in [-0.2, -0.15) is 13.2 Å². The quantitative estimate of drug-likeness (QED) is 0.794. The molecule has 0 unspecified atom stereocenters. The van der Waals surface area contributed by atoms with E-state index in [1.165, 1.54) is 6.08 Å². The molecule has 0 spiro atoms. The van der Waals surface area contributed by atoms with Crippen LogP contribution in [0.15, 0.2) is 43.0 Å². The fourth-order valence-corrected chi connectivity index (χ4v) is 2.25. The van der Waals surface area contributed by atoms with Crippen LogP contribution in [0.2, 0.25) is 0 Å². The van der Waals surface area contributed by atoms with Gasteiger partial charge < -0.3 is 9.47 Å². The SMILES string of the molecule is C=CCN(CC(F)(F)F)C(=O)c1cc2ccccc2n1C. The maximum Gasteiger partial charge on any atom is 0.406 e. The van der Waals surface area contributed by atoms with Crippen molar-refractivity contribution in [3.63, 3.8) is 0 Å². The number of para-hydroxylation sites is 1. The van der Waals surface area contributed by atoms with Gasteiger partial charge in [0.2, 0.25) is 0 Å². The molecule has 112 valence electrons. The molecule has 0 N–H and O–H groups in total. The highest BCUT2D eigenvalue weighted by molar-refractivity contribution is 5.98. The van der Waals surface area contributed by atoms with E-state index in [1.54, 1.807) is 17.7 Å². The molecular formula is C15H15F3N2O. The minimum atomic E-state index is -4.44. The Morgan fingerprint density at radius 1 is 1.38 bits per heavy atom. The molecule has 2 aromatic rings. The molecule has 1 heterocycles. The molecule has 0 aliphatic heterocycles. The lowest BCUT2D eigenvalue weighted by Gasteiger charge is -2.22. The number of amides is 1. The molecule has 0 atom stereocenters. The largest absolute Gasteiger partial charge is 0.406 e. The number of aromatic nitrogens is 1. The topological polar surface area (TPSA) is 25.2 Å². The van der Waals surface area contributed by atoms with Crippen molar-refractivity contribution in [3.8, 4) is 0 Å². The van der Waals surface area contributed by atoms with Gasteiger partial charge in [-0.25, -0.2) is 0 Å². The predicted molar refractivity (Wildman–Crippen MR) is 75.1 cm³/mol. The number of nitrogens with zero attached hydrogens (tertiary/aromatic N) is 2. The van der Waals surface area contributed by atoms with Gasteiger partial charge in [-0.1, -0.05) is 24.3 Å². The summed E-state index contributed by atoms with van der Waals surface area (Å²) >= 11 is 0. The van der Waals surface area contributed by atoms with Crippen LogP contribution in [-0.2, 0) is 7.05 Å². The van der Waals surface area contributed by atoms with Gasteiger partial charge in [0.05, 0.1) is 0 Å². The molecular weight excluding hydrogens is 281 g/mol. The van der Waals surface area contributed by atoms with Gasteiger partial charge in [0.1, 0.15) is 12.2 Å². The minimum absolute atomic E-state index is 0.153. The van der Waals surface area contributed by atoms with Crippen molar-refractivity contribution >= 4 is 16.8 Å². The van der Waals surface area contributed by atoms with Crippen LogP contribution < -0.4 is 0 Å². The molecule has 1 aromatic carbocycles. The molecule has 0 aliphatic carbocycles. The maximum atomic E-state index is 12.6. The zero-order chi connectivity index (χ0) is 15.6. The second kappa shape index (κ2) is 5.63. The zero-order valence-electron chi connectivity index (χ0n) is 11.5. The molecule has 0 saturated carbocycles. The summed E-state index contributed by atoms with van der Waals surface area (Å²) in [5, 5.41) is 0.814. The van der Waals surface area contributed by atoms with Gasteiger partial charge in [0.15, 0.2) is 0 Å². The normalized spacial score (nSPS) is 11.6. The van der Waals surface area contributed by atoms with Crippen LogP contribution in [0.5, 0.6) is 0 Å². The number of carbonyl (C=O) groups excluding carboxylic acids is 1. The van der Waals surface area contributed by atoms with Crippen molar-refractivity contribution in [1.82, 2.24) is 9.47 Å². The van der Waals surface area contributed by atoms with Crippen molar-refractivity contribution < 1.29 is 18.0 Å². The standard InChI is InChI=1S/C15H15F3N2O/c1-3-8-20(10-15(16,17)18)14(21)13-9-11-6-4-5-7-12(11)19(13)2/h3-7,9H,1,8,10H2,2H3. The van der Waals surface area contributed by atoms with Crippen LogP contribution in [-0.4, -0.2) is 34.6 Å². The molecule has 2 rings (SSSR count). The van der Waals surface area contributed by atoms with Gasteiger partial charge in [-0.3, -0.25) is 4.79 Å². The summed E-state index contributed by atoms with van der Waals surface area (Å²) in [4.78, 5) is 13.1. The van der Waals surface area contributed by atoms with Gasteiger partial charge in [0.25, 0.3) is 5.91 Å². The molecule has 0 radical (unpaired) electrons. The van der Waals surface area contributed by atoms with E-state index in [-0.39, 0.29) is 12.2 Å². The Bertz CT molecular complexity index is 673. The Kier molecular flexibility index (Phi) is 4.06. The summed E-state index contributed by atoms with van der Waals surface area (Å²) in [6.45, 7) is 1.96. The van der Waals surface area contributed by atoms with Crippen LogP contribution in [0.3, 0.4) is 0 Å². The van der Waals surface area contributed by atoms with E-state index >= 15 is 0 Å². The average molecular weight is 296 g/mol. The monoisotopic (exact) mass is 296 g/mol. The first-order valence-electron chi connectivity index (χ1n) is 6.35. The van der Waals surface area contributed by atoms with Gasteiger partial charge in [-0.05, 0) is 12.1 Å². The predicted octanol–water partition coefficient (Wildman–Crippen LogP) is 3.37. The summed E-state index contributed by atoms with van der Waals surface area (Å²) in [5.74, 6) is -0.661.